The van der Waals surface area contributed by atoms with E-state index in [-0.39, 0.29) is 6.04 Å². The minimum atomic E-state index is -0.243. The van der Waals surface area contributed by atoms with Gasteiger partial charge in [-0.25, -0.2) is 0 Å². The average molecular weight is 287 g/mol. The van der Waals surface area contributed by atoms with E-state index >= 15 is 0 Å². The fraction of sp³-hybridized carbons (Fsp3) is 0.294. The fourth-order valence-electron chi connectivity index (χ4n) is 2.46. The number of nitrogens with two attached hydrogens (primary N) is 1. The van der Waals surface area contributed by atoms with Crippen LogP contribution in [0.15, 0.2) is 42.5 Å². The molecule has 1 unspecified atom stereocenters. The van der Waals surface area contributed by atoms with Gasteiger partial charge in [-0.3, -0.25) is 0 Å². The van der Waals surface area contributed by atoms with E-state index in [0.29, 0.717) is 6.42 Å². The Kier molecular flexibility index (Phi) is 5.06. The molecule has 0 spiro atoms. The summed E-state index contributed by atoms with van der Waals surface area (Å²) in [5, 5.41) is 0. The molecule has 0 radical (unpaired) electrons. The van der Waals surface area contributed by atoms with Gasteiger partial charge in [0.1, 0.15) is 17.2 Å². The van der Waals surface area contributed by atoms with Crippen LogP contribution in [0, 0.1) is 0 Å². The molecular formula is C17H21NO3. The Morgan fingerprint density at radius 1 is 0.810 bits per heavy atom. The zero-order valence-corrected chi connectivity index (χ0v) is 12.6. The third-order valence-corrected chi connectivity index (χ3v) is 3.47. The molecule has 0 aliphatic rings. The standard InChI is InChI=1S/C17H21NO3/c1-19-14-8-5-4-7-12(14)11-13(18)17-15(20-2)9-6-10-16(17)21-3/h4-10,13H,11,18H2,1-3H3. The topological polar surface area (TPSA) is 53.7 Å². The van der Waals surface area contributed by atoms with Crippen molar-refractivity contribution in [3.8, 4) is 17.2 Å². The zero-order valence-electron chi connectivity index (χ0n) is 12.6. The van der Waals surface area contributed by atoms with Gasteiger partial charge in [-0.15, -0.1) is 0 Å². The van der Waals surface area contributed by atoms with Crippen molar-refractivity contribution in [3.63, 3.8) is 0 Å². The van der Waals surface area contributed by atoms with E-state index < -0.39 is 0 Å². The Hall–Kier alpha value is -2.20. The van der Waals surface area contributed by atoms with Gasteiger partial charge >= 0.3 is 0 Å². The first kappa shape index (κ1) is 15.2. The van der Waals surface area contributed by atoms with Crippen LogP contribution in [0.25, 0.3) is 0 Å². The molecule has 2 rings (SSSR count). The number of hydrogen-bond acceptors (Lipinski definition) is 4. The number of benzene rings is 2. The van der Waals surface area contributed by atoms with Gasteiger partial charge in [-0.05, 0) is 30.2 Å². The quantitative estimate of drug-likeness (QED) is 0.887. The first-order chi connectivity index (χ1) is 10.2. The summed E-state index contributed by atoms with van der Waals surface area (Å²) in [5.41, 5.74) is 8.31. The molecule has 0 fully saturated rings. The second-order valence-electron chi connectivity index (χ2n) is 4.70. The van der Waals surface area contributed by atoms with Crippen LogP contribution in [0.2, 0.25) is 0 Å². The molecule has 4 nitrogen and oxygen atoms in total. The van der Waals surface area contributed by atoms with E-state index in [9.17, 15) is 0 Å². The molecule has 0 saturated heterocycles. The molecule has 0 aromatic heterocycles. The molecule has 2 N–H and O–H groups in total. The molecule has 2 aromatic rings. The van der Waals surface area contributed by atoms with Crippen LogP contribution < -0.4 is 19.9 Å². The molecule has 2 aromatic carbocycles. The highest BCUT2D eigenvalue weighted by Gasteiger charge is 2.19. The maximum absolute atomic E-state index is 6.39. The SMILES string of the molecule is COc1ccccc1CC(N)c1c(OC)cccc1OC. The third-order valence-electron chi connectivity index (χ3n) is 3.47. The molecule has 4 heteroatoms. The maximum atomic E-state index is 6.39. The van der Waals surface area contributed by atoms with Crippen LogP contribution in [-0.2, 0) is 6.42 Å². The summed E-state index contributed by atoms with van der Waals surface area (Å²) < 4.78 is 16.2. The molecule has 1 atom stereocenters. The van der Waals surface area contributed by atoms with Gasteiger partial charge in [-0.2, -0.15) is 0 Å². The molecule has 21 heavy (non-hydrogen) atoms. The van der Waals surface area contributed by atoms with Crippen molar-refractivity contribution in [2.75, 3.05) is 21.3 Å². The number of methoxy groups -OCH3 is 3. The Labute approximate surface area is 125 Å². The first-order valence-electron chi connectivity index (χ1n) is 6.79. The lowest BCUT2D eigenvalue weighted by atomic mass is 9.97. The number of para-hydroxylation sites is 1. The molecular weight excluding hydrogens is 266 g/mol. The first-order valence-corrected chi connectivity index (χ1v) is 6.79. The molecule has 0 amide bonds. The Morgan fingerprint density at radius 2 is 1.33 bits per heavy atom. The van der Waals surface area contributed by atoms with Crippen molar-refractivity contribution in [2.45, 2.75) is 12.5 Å². The summed E-state index contributed by atoms with van der Waals surface area (Å²) in [6.07, 6.45) is 0.640. The fourth-order valence-corrected chi connectivity index (χ4v) is 2.46. The van der Waals surface area contributed by atoms with Gasteiger partial charge in [0.15, 0.2) is 0 Å². The van der Waals surface area contributed by atoms with E-state index in [4.69, 9.17) is 19.9 Å². The lowest BCUT2D eigenvalue weighted by molar-refractivity contribution is 0.377. The smallest absolute Gasteiger partial charge is 0.127 e. The minimum Gasteiger partial charge on any atom is -0.496 e. The summed E-state index contributed by atoms with van der Waals surface area (Å²) in [4.78, 5) is 0. The lowest BCUT2D eigenvalue weighted by Crippen LogP contribution is -2.16. The largest absolute Gasteiger partial charge is 0.496 e. The van der Waals surface area contributed by atoms with Crippen molar-refractivity contribution < 1.29 is 14.2 Å². The van der Waals surface area contributed by atoms with Crippen molar-refractivity contribution in [1.29, 1.82) is 0 Å². The van der Waals surface area contributed by atoms with Crippen LogP contribution in [-0.4, -0.2) is 21.3 Å². The minimum absolute atomic E-state index is 0.243. The second-order valence-corrected chi connectivity index (χ2v) is 4.70. The molecule has 0 saturated carbocycles. The van der Waals surface area contributed by atoms with E-state index in [1.54, 1.807) is 21.3 Å². The summed E-state index contributed by atoms with van der Waals surface area (Å²) in [7, 11) is 4.93. The molecule has 0 bridgehead atoms. The highest BCUT2D eigenvalue weighted by atomic mass is 16.5. The highest BCUT2D eigenvalue weighted by molar-refractivity contribution is 5.48. The van der Waals surface area contributed by atoms with E-state index in [1.807, 2.05) is 42.5 Å². The van der Waals surface area contributed by atoms with Gasteiger partial charge < -0.3 is 19.9 Å². The summed E-state index contributed by atoms with van der Waals surface area (Å²) >= 11 is 0. The van der Waals surface area contributed by atoms with Crippen molar-refractivity contribution in [2.24, 2.45) is 5.73 Å². The Balaban J connectivity index is 2.34. The van der Waals surface area contributed by atoms with E-state index in [2.05, 4.69) is 0 Å². The maximum Gasteiger partial charge on any atom is 0.127 e. The van der Waals surface area contributed by atoms with Gasteiger partial charge in [0.25, 0.3) is 0 Å². The number of rotatable bonds is 6. The number of hydrogen-bond donors (Lipinski definition) is 1. The molecule has 0 aliphatic heterocycles. The van der Waals surface area contributed by atoms with Crippen LogP contribution >= 0.6 is 0 Å². The van der Waals surface area contributed by atoms with Crippen LogP contribution in [0.5, 0.6) is 17.2 Å². The second kappa shape index (κ2) is 6.99. The Bertz CT molecular complexity index is 576. The summed E-state index contributed by atoms with van der Waals surface area (Å²) in [6, 6.07) is 13.3. The summed E-state index contributed by atoms with van der Waals surface area (Å²) in [5.74, 6) is 2.30. The van der Waals surface area contributed by atoms with Crippen LogP contribution in [0.3, 0.4) is 0 Å². The highest BCUT2D eigenvalue weighted by Crippen LogP contribution is 2.35. The zero-order chi connectivity index (χ0) is 15.2. The predicted octanol–water partition coefficient (Wildman–Crippen LogP) is 2.95. The van der Waals surface area contributed by atoms with Crippen molar-refractivity contribution >= 4 is 0 Å². The van der Waals surface area contributed by atoms with Crippen LogP contribution in [0.1, 0.15) is 17.2 Å². The lowest BCUT2D eigenvalue weighted by Gasteiger charge is -2.19. The van der Waals surface area contributed by atoms with Gasteiger partial charge in [0, 0.05) is 6.04 Å². The molecule has 112 valence electrons. The third kappa shape index (κ3) is 3.28. The average Bonchev–Trinajstić information content (AvgIpc) is 2.54. The Morgan fingerprint density at radius 3 is 1.90 bits per heavy atom. The summed E-state index contributed by atoms with van der Waals surface area (Å²) in [6.45, 7) is 0. The monoisotopic (exact) mass is 287 g/mol. The van der Waals surface area contributed by atoms with E-state index in [1.165, 1.54) is 0 Å². The molecule has 0 heterocycles. The van der Waals surface area contributed by atoms with E-state index in [0.717, 1.165) is 28.4 Å². The number of ether oxygens (including phenoxy) is 3. The van der Waals surface area contributed by atoms with Gasteiger partial charge in [-0.1, -0.05) is 24.3 Å². The van der Waals surface area contributed by atoms with Crippen molar-refractivity contribution in [3.05, 3.63) is 53.6 Å². The predicted molar refractivity (Wildman–Crippen MR) is 83.2 cm³/mol. The molecule has 0 aliphatic carbocycles. The van der Waals surface area contributed by atoms with Crippen molar-refractivity contribution in [1.82, 2.24) is 0 Å². The van der Waals surface area contributed by atoms with Crippen LogP contribution in [0.4, 0.5) is 0 Å². The van der Waals surface area contributed by atoms with Gasteiger partial charge in [0.05, 0.1) is 26.9 Å². The van der Waals surface area contributed by atoms with Gasteiger partial charge in [0.2, 0.25) is 0 Å². The normalized spacial score (nSPS) is 11.8.